The maximum absolute atomic E-state index is 11.7. The van der Waals surface area contributed by atoms with E-state index in [4.69, 9.17) is 5.73 Å². The summed E-state index contributed by atoms with van der Waals surface area (Å²) in [4.78, 5) is 13.9. The highest BCUT2D eigenvalue weighted by molar-refractivity contribution is 7.98. The lowest BCUT2D eigenvalue weighted by Crippen LogP contribution is -2.43. The highest BCUT2D eigenvalue weighted by Crippen LogP contribution is 2.02. The molecule has 0 aliphatic rings. The topological polar surface area (TPSA) is 58.4 Å². The first kappa shape index (κ1) is 17.0. The normalized spacial score (nSPS) is 12.4. The minimum absolute atomic E-state index is 0.0489. The van der Waals surface area contributed by atoms with Gasteiger partial charge in [-0.25, -0.2) is 0 Å². The minimum atomic E-state index is -0.387. The van der Waals surface area contributed by atoms with E-state index in [1.807, 2.05) is 31.5 Å². The molecule has 1 atom stereocenters. The van der Waals surface area contributed by atoms with Gasteiger partial charge >= 0.3 is 0 Å². The first-order valence-electron chi connectivity index (χ1n) is 6.88. The predicted octanol–water partition coefficient (Wildman–Crippen LogP) is 1.32. The molecule has 0 fully saturated rings. The molecule has 1 rings (SSSR count). The molecule has 0 aliphatic carbocycles. The number of nitrogens with zero attached hydrogens (tertiary/aromatic N) is 1. The third-order valence-corrected chi connectivity index (χ3v) is 3.70. The fourth-order valence-corrected chi connectivity index (χ4v) is 2.34. The summed E-state index contributed by atoms with van der Waals surface area (Å²) >= 11 is 1.71. The molecule has 0 heterocycles. The molecule has 0 bridgehead atoms. The maximum atomic E-state index is 11.7. The Bertz CT molecular complexity index is 386. The number of nitrogens with two attached hydrogens (primary N) is 1. The molecule has 0 saturated carbocycles. The lowest BCUT2D eigenvalue weighted by atomic mass is 10.2. The largest absolute Gasteiger partial charge is 0.353 e. The number of carbonyl (C=O) groups is 1. The third kappa shape index (κ3) is 6.93. The molecule has 0 aromatic heterocycles. The fourth-order valence-electron chi connectivity index (χ4n) is 1.85. The van der Waals surface area contributed by atoms with E-state index in [1.54, 1.807) is 11.8 Å². The summed E-state index contributed by atoms with van der Waals surface area (Å²) in [6, 6.07) is 9.91. The zero-order chi connectivity index (χ0) is 14.8. The van der Waals surface area contributed by atoms with E-state index in [9.17, 15) is 4.79 Å². The van der Waals surface area contributed by atoms with Gasteiger partial charge in [-0.15, -0.1) is 0 Å². The van der Waals surface area contributed by atoms with E-state index in [0.717, 1.165) is 25.3 Å². The molecule has 0 aliphatic heterocycles. The third-order valence-electron chi connectivity index (χ3n) is 3.06. The SMILES string of the molecule is CSCC[C@H](N)C(=O)NCCN(C)Cc1ccccc1. The Morgan fingerprint density at radius 3 is 2.75 bits per heavy atom. The van der Waals surface area contributed by atoms with E-state index in [0.29, 0.717) is 6.54 Å². The Morgan fingerprint density at radius 1 is 1.40 bits per heavy atom. The van der Waals surface area contributed by atoms with Crippen LogP contribution >= 0.6 is 11.8 Å². The van der Waals surface area contributed by atoms with Gasteiger partial charge in [-0.3, -0.25) is 4.79 Å². The van der Waals surface area contributed by atoms with E-state index in [-0.39, 0.29) is 11.9 Å². The summed E-state index contributed by atoms with van der Waals surface area (Å²) in [7, 11) is 2.05. The number of thioether (sulfide) groups is 1. The second-order valence-electron chi connectivity index (χ2n) is 4.90. The van der Waals surface area contributed by atoms with Gasteiger partial charge < -0.3 is 16.0 Å². The number of hydrogen-bond acceptors (Lipinski definition) is 4. The van der Waals surface area contributed by atoms with Crippen molar-refractivity contribution in [3.05, 3.63) is 35.9 Å². The van der Waals surface area contributed by atoms with Gasteiger partial charge in [0.1, 0.15) is 0 Å². The summed E-state index contributed by atoms with van der Waals surface area (Å²) < 4.78 is 0. The highest BCUT2D eigenvalue weighted by atomic mass is 32.2. The second-order valence-corrected chi connectivity index (χ2v) is 5.89. The van der Waals surface area contributed by atoms with Crippen molar-refractivity contribution < 1.29 is 4.79 Å². The monoisotopic (exact) mass is 295 g/mol. The maximum Gasteiger partial charge on any atom is 0.236 e. The van der Waals surface area contributed by atoms with Crippen molar-refractivity contribution in [1.29, 1.82) is 0 Å². The Kier molecular flexibility index (Phi) is 8.34. The highest BCUT2D eigenvalue weighted by Gasteiger charge is 2.12. The molecule has 0 spiro atoms. The van der Waals surface area contributed by atoms with Crippen molar-refractivity contribution >= 4 is 17.7 Å². The summed E-state index contributed by atoms with van der Waals surface area (Å²) in [5.74, 6) is 0.870. The molecule has 1 aromatic rings. The molecular weight excluding hydrogens is 270 g/mol. The number of carbonyl (C=O) groups excluding carboxylic acids is 1. The molecule has 0 radical (unpaired) electrons. The quantitative estimate of drug-likeness (QED) is 0.721. The molecule has 0 unspecified atom stereocenters. The fraction of sp³-hybridized carbons (Fsp3) is 0.533. The number of rotatable bonds is 9. The van der Waals surface area contributed by atoms with Crippen LogP contribution in [0.15, 0.2) is 30.3 Å². The van der Waals surface area contributed by atoms with E-state index < -0.39 is 0 Å². The van der Waals surface area contributed by atoms with Crippen molar-refractivity contribution in [3.8, 4) is 0 Å². The zero-order valence-electron chi connectivity index (χ0n) is 12.3. The Hall–Kier alpha value is -1.04. The van der Waals surface area contributed by atoms with Crippen LogP contribution < -0.4 is 11.1 Å². The van der Waals surface area contributed by atoms with Crippen molar-refractivity contribution in [3.63, 3.8) is 0 Å². The van der Waals surface area contributed by atoms with Gasteiger partial charge in [0, 0.05) is 19.6 Å². The number of benzene rings is 1. The summed E-state index contributed by atoms with van der Waals surface area (Å²) in [6.45, 7) is 2.33. The van der Waals surface area contributed by atoms with Gasteiger partial charge in [0.25, 0.3) is 0 Å². The molecule has 1 aromatic carbocycles. The van der Waals surface area contributed by atoms with Crippen LogP contribution in [0, 0.1) is 0 Å². The second kappa shape index (κ2) is 9.80. The van der Waals surface area contributed by atoms with Gasteiger partial charge in [-0.2, -0.15) is 11.8 Å². The average molecular weight is 295 g/mol. The standard InChI is InChI=1S/C15H25N3OS/c1-18(12-13-6-4-3-5-7-13)10-9-17-15(19)14(16)8-11-20-2/h3-7,14H,8-12,16H2,1-2H3,(H,17,19)/t14-/m0/s1. The average Bonchev–Trinajstić information content (AvgIpc) is 2.45. The van der Waals surface area contributed by atoms with Crippen LogP contribution in [0.5, 0.6) is 0 Å². The van der Waals surface area contributed by atoms with Crippen molar-refractivity contribution in [2.45, 2.75) is 19.0 Å². The Labute approximate surface area is 126 Å². The molecule has 3 N–H and O–H groups in total. The number of likely N-dealkylation sites (N-methyl/N-ethyl adjacent to an activating group) is 1. The Balaban J connectivity index is 2.18. The summed E-state index contributed by atoms with van der Waals surface area (Å²) in [6.07, 6.45) is 2.75. The zero-order valence-corrected chi connectivity index (χ0v) is 13.2. The molecule has 0 saturated heterocycles. The number of hydrogen-bond donors (Lipinski definition) is 2. The summed E-state index contributed by atoms with van der Waals surface area (Å²) in [5.41, 5.74) is 7.08. The predicted molar refractivity (Wildman–Crippen MR) is 86.8 cm³/mol. The van der Waals surface area contributed by atoms with E-state index in [2.05, 4.69) is 22.3 Å². The van der Waals surface area contributed by atoms with Crippen LogP contribution in [0.2, 0.25) is 0 Å². The lowest BCUT2D eigenvalue weighted by molar-refractivity contribution is -0.122. The minimum Gasteiger partial charge on any atom is -0.353 e. The Morgan fingerprint density at radius 2 is 2.10 bits per heavy atom. The van der Waals surface area contributed by atoms with Crippen LogP contribution in [-0.4, -0.2) is 49.0 Å². The first-order valence-corrected chi connectivity index (χ1v) is 8.27. The van der Waals surface area contributed by atoms with Crippen molar-refractivity contribution in [1.82, 2.24) is 10.2 Å². The van der Waals surface area contributed by atoms with Gasteiger partial charge in [-0.05, 0) is 31.0 Å². The van der Waals surface area contributed by atoms with E-state index >= 15 is 0 Å². The van der Waals surface area contributed by atoms with Crippen LogP contribution in [0.4, 0.5) is 0 Å². The molecule has 112 valence electrons. The summed E-state index contributed by atoms with van der Waals surface area (Å²) in [5, 5.41) is 2.89. The number of nitrogens with one attached hydrogen (secondary N) is 1. The molecule has 4 nitrogen and oxygen atoms in total. The van der Waals surface area contributed by atoms with Crippen LogP contribution in [-0.2, 0) is 11.3 Å². The first-order chi connectivity index (χ1) is 9.63. The van der Waals surface area contributed by atoms with Crippen LogP contribution in [0.25, 0.3) is 0 Å². The van der Waals surface area contributed by atoms with E-state index in [1.165, 1.54) is 5.56 Å². The molecule has 5 heteroatoms. The van der Waals surface area contributed by atoms with Crippen LogP contribution in [0.3, 0.4) is 0 Å². The van der Waals surface area contributed by atoms with Crippen molar-refractivity contribution in [2.75, 3.05) is 32.1 Å². The number of amides is 1. The smallest absolute Gasteiger partial charge is 0.236 e. The molecular formula is C15H25N3OS. The van der Waals surface area contributed by atoms with Crippen LogP contribution in [0.1, 0.15) is 12.0 Å². The van der Waals surface area contributed by atoms with Gasteiger partial charge in [0.15, 0.2) is 0 Å². The van der Waals surface area contributed by atoms with Gasteiger partial charge in [-0.1, -0.05) is 30.3 Å². The van der Waals surface area contributed by atoms with Gasteiger partial charge in [0.05, 0.1) is 6.04 Å². The lowest BCUT2D eigenvalue weighted by Gasteiger charge is -2.18. The molecule has 1 amide bonds. The molecule has 20 heavy (non-hydrogen) atoms. The van der Waals surface area contributed by atoms with Gasteiger partial charge in [0.2, 0.25) is 5.91 Å². The van der Waals surface area contributed by atoms with Crippen molar-refractivity contribution in [2.24, 2.45) is 5.73 Å².